The molecule has 0 aromatic heterocycles. The van der Waals surface area contributed by atoms with Gasteiger partial charge in [-0.2, -0.15) is 0 Å². The van der Waals surface area contributed by atoms with Crippen molar-refractivity contribution in [1.29, 1.82) is 0 Å². The molecule has 116 valence electrons. The van der Waals surface area contributed by atoms with Gasteiger partial charge in [0.25, 0.3) is 0 Å². The van der Waals surface area contributed by atoms with Crippen LogP contribution in [0.3, 0.4) is 0 Å². The van der Waals surface area contributed by atoms with Gasteiger partial charge in [-0.15, -0.1) is 0 Å². The lowest BCUT2D eigenvalue weighted by atomic mass is 9.75. The van der Waals surface area contributed by atoms with Gasteiger partial charge < -0.3 is 9.47 Å². The highest BCUT2D eigenvalue weighted by molar-refractivity contribution is 5.27. The van der Waals surface area contributed by atoms with E-state index in [-0.39, 0.29) is 5.41 Å². The van der Waals surface area contributed by atoms with Gasteiger partial charge in [0.1, 0.15) is 0 Å². The lowest BCUT2D eigenvalue weighted by molar-refractivity contribution is -0.0660. The summed E-state index contributed by atoms with van der Waals surface area (Å²) in [6.07, 6.45) is 3.49. The third-order valence-corrected chi connectivity index (χ3v) is 4.45. The molecule has 0 aliphatic carbocycles. The molecule has 1 fully saturated rings. The second-order valence-corrected chi connectivity index (χ2v) is 6.13. The predicted molar refractivity (Wildman–Crippen MR) is 88.9 cm³/mol. The number of ether oxygens (including phenoxy) is 2. The average molecular weight is 296 g/mol. The molecule has 1 aliphatic heterocycles. The molecular weight excluding hydrogens is 272 g/mol. The zero-order valence-electron chi connectivity index (χ0n) is 13.0. The van der Waals surface area contributed by atoms with E-state index in [0.29, 0.717) is 6.61 Å². The predicted octanol–water partition coefficient (Wildman–Crippen LogP) is 4.34. The Morgan fingerprint density at radius 1 is 0.864 bits per heavy atom. The van der Waals surface area contributed by atoms with Gasteiger partial charge in [0.15, 0.2) is 0 Å². The molecule has 0 amide bonds. The zero-order chi connectivity index (χ0) is 15.1. The van der Waals surface area contributed by atoms with Crippen LogP contribution in [0, 0.1) is 0 Å². The number of unbranched alkanes of at least 4 members (excludes halogenated alkanes) is 1. The van der Waals surface area contributed by atoms with Crippen molar-refractivity contribution in [2.75, 3.05) is 19.8 Å². The van der Waals surface area contributed by atoms with E-state index in [4.69, 9.17) is 9.47 Å². The second-order valence-electron chi connectivity index (χ2n) is 6.13. The van der Waals surface area contributed by atoms with E-state index < -0.39 is 0 Å². The van der Waals surface area contributed by atoms with Crippen molar-refractivity contribution < 1.29 is 9.47 Å². The highest BCUT2D eigenvalue weighted by Gasteiger charge is 2.39. The van der Waals surface area contributed by atoms with Gasteiger partial charge in [-0.1, -0.05) is 67.1 Å². The Labute approximate surface area is 133 Å². The van der Waals surface area contributed by atoms with Crippen molar-refractivity contribution in [3.05, 3.63) is 71.8 Å². The Balaban J connectivity index is 1.38. The Hall–Kier alpha value is -1.64. The topological polar surface area (TPSA) is 18.5 Å². The molecule has 2 nitrogen and oxygen atoms in total. The van der Waals surface area contributed by atoms with E-state index in [0.717, 1.165) is 26.2 Å². The van der Waals surface area contributed by atoms with Gasteiger partial charge in [-0.3, -0.25) is 0 Å². The van der Waals surface area contributed by atoms with Crippen molar-refractivity contribution in [2.24, 2.45) is 0 Å². The minimum Gasteiger partial charge on any atom is -0.379 e. The first kappa shape index (κ1) is 15.3. The maximum absolute atomic E-state index is 5.76. The normalized spacial score (nSPS) is 16.2. The van der Waals surface area contributed by atoms with E-state index in [9.17, 15) is 0 Å². The minimum absolute atomic E-state index is 0.251. The molecule has 0 N–H and O–H groups in total. The summed E-state index contributed by atoms with van der Waals surface area (Å²) in [6, 6.07) is 21.1. The van der Waals surface area contributed by atoms with Crippen LogP contribution in [-0.4, -0.2) is 19.8 Å². The Kier molecular flexibility index (Phi) is 5.25. The van der Waals surface area contributed by atoms with E-state index in [1.54, 1.807) is 0 Å². The number of benzene rings is 2. The summed E-state index contributed by atoms with van der Waals surface area (Å²) in [5.74, 6) is 0. The van der Waals surface area contributed by atoms with Crippen LogP contribution in [0.25, 0.3) is 0 Å². The molecular formula is C20H24O2. The molecule has 2 aromatic rings. The van der Waals surface area contributed by atoms with Crippen LogP contribution >= 0.6 is 0 Å². The van der Waals surface area contributed by atoms with Crippen LogP contribution in [0.15, 0.2) is 60.7 Å². The molecule has 1 aliphatic rings. The summed E-state index contributed by atoms with van der Waals surface area (Å²) in [5.41, 5.74) is 2.92. The second kappa shape index (κ2) is 7.57. The standard InChI is InChI=1S/C20H24O2/c1-3-9-18(10-4-1)15-21-14-8-7-13-20(16-22-17-20)19-11-5-2-6-12-19/h1-6,9-12H,7-8,13-17H2. The van der Waals surface area contributed by atoms with E-state index in [1.807, 2.05) is 6.07 Å². The van der Waals surface area contributed by atoms with Gasteiger partial charge in [0, 0.05) is 12.0 Å². The third-order valence-electron chi connectivity index (χ3n) is 4.45. The van der Waals surface area contributed by atoms with E-state index in [2.05, 4.69) is 54.6 Å². The smallest absolute Gasteiger partial charge is 0.0716 e. The fraction of sp³-hybridized carbons (Fsp3) is 0.400. The first-order valence-electron chi connectivity index (χ1n) is 8.14. The molecule has 0 bridgehead atoms. The fourth-order valence-electron chi connectivity index (χ4n) is 3.03. The lowest BCUT2D eigenvalue weighted by Gasteiger charge is -2.42. The number of hydrogen-bond acceptors (Lipinski definition) is 2. The highest BCUT2D eigenvalue weighted by atomic mass is 16.5. The Morgan fingerprint density at radius 3 is 2.18 bits per heavy atom. The van der Waals surface area contributed by atoms with Gasteiger partial charge in [-0.25, -0.2) is 0 Å². The molecule has 2 aromatic carbocycles. The Bertz CT molecular complexity index is 546. The van der Waals surface area contributed by atoms with Gasteiger partial charge in [-0.05, 0) is 24.0 Å². The van der Waals surface area contributed by atoms with Gasteiger partial charge >= 0.3 is 0 Å². The molecule has 0 radical (unpaired) electrons. The lowest BCUT2D eigenvalue weighted by Crippen LogP contribution is -2.46. The molecule has 1 saturated heterocycles. The largest absolute Gasteiger partial charge is 0.379 e. The van der Waals surface area contributed by atoms with Crippen LogP contribution < -0.4 is 0 Å². The summed E-state index contributed by atoms with van der Waals surface area (Å²) in [5, 5.41) is 0. The van der Waals surface area contributed by atoms with Crippen molar-refractivity contribution in [1.82, 2.24) is 0 Å². The number of rotatable bonds is 8. The fourth-order valence-corrected chi connectivity index (χ4v) is 3.03. The van der Waals surface area contributed by atoms with Crippen LogP contribution in [0.5, 0.6) is 0 Å². The molecule has 0 unspecified atom stereocenters. The van der Waals surface area contributed by atoms with E-state index >= 15 is 0 Å². The molecule has 0 atom stereocenters. The maximum atomic E-state index is 5.76. The summed E-state index contributed by atoms with van der Waals surface area (Å²) < 4.78 is 11.3. The molecule has 1 heterocycles. The number of hydrogen-bond donors (Lipinski definition) is 0. The van der Waals surface area contributed by atoms with Crippen molar-refractivity contribution in [3.8, 4) is 0 Å². The first-order chi connectivity index (χ1) is 10.9. The third kappa shape index (κ3) is 3.76. The van der Waals surface area contributed by atoms with Crippen molar-refractivity contribution in [2.45, 2.75) is 31.3 Å². The summed E-state index contributed by atoms with van der Waals surface area (Å²) >= 11 is 0. The quantitative estimate of drug-likeness (QED) is 0.675. The van der Waals surface area contributed by atoms with Crippen LogP contribution in [-0.2, 0) is 21.5 Å². The summed E-state index contributed by atoms with van der Waals surface area (Å²) in [6.45, 7) is 3.28. The van der Waals surface area contributed by atoms with Crippen LogP contribution in [0.4, 0.5) is 0 Å². The summed E-state index contributed by atoms with van der Waals surface area (Å²) in [7, 11) is 0. The Morgan fingerprint density at radius 2 is 1.55 bits per heavy atom. The first-order valence-corrected chi connectivity index (χ1v) is 8.14. The molecule has 0 saturated carbocycles. The summed E-state index contributed by atoms with van der Waals surface area (Å²) in [4.78, 5) is 0. The monoisotopic (exact) mass is 296 g/mol. The maximum Gasteiger partial charge on any atom is 0.0716 e. The van der Waals surface area contributed by atoms with Crippen molar-refractivity contribution >= 4 is 0 Å². The molecule has 22 heavy (non-hydrogen) atoms. The van der Waals surface area contributed by atoms with Crippen molar-refractivity contribution in [3.63, 3.8) is 0 Å². The van der Waals surface area contributed by atoms with E-state index in [1.165, 1.54) is 24.0 Å². The highest BCUT2D eigenvalue weighted by Crippen LogP contribution is 2.37. The average Bonchev–Trinajstić information content (AvgIpc) is 2.54. The minimum atomic E-state index is 0.251. The van der Waals surface area contributed by atoms with Gasteiger partial charge in [0.05, 0.1) is 19.8 Å². The SMILES string of the molecule is c1ccc(COCCCCC2(c3ccccc3)COC2)cc1. The molecule has 3 rings (SSSR count). The molecule has 2 heteroatoms. The van der Waals surface area contributed by atoms with Crippen LogP contribution in [0.2, 0.25) is 0 Å². The van der Waals surface area contributed by atoms with Gasteiger partial charge in [0.2, 0.25) is 0 Å². The van der Waals surface area contributed by atoms with Crippen LogP contribution in [0.1, 0.15) is 30.4 Å². The zero-order valence-corrected chi connectivity index (χ0v) is 13.0. The molecule has 0 spiro atoms.